The molecule has 0 radical (unpaired) electrons. The number of nitrogens with zero attached hydrogens (tertiary/aromatic N) is 2. The summed E-state index contributed by atoms with van der Waals surface area (Å²) in [4.78, 5) is 2.49. The van der Waals surface area contributed by atoms with Crippen molar-refractivity contribution < 1.29 is 0 Å². The topological polar surface area (TPSA) is 8.17 Å². The third kappa shape index (κ3) is 3.65. The minimum absolute atomic E-state index is 0.126. The second-order valence-electron chi connectivity index (χ2n) is 6.66. The quantitative estimate of drug-likeness (QED) is 0.486. The maximum Gasteiger partial charge on any atom is 0.0759 e. The Morgan fingerprint density at radius 2 is 1.77 bits per heavy atom. The standard InChI is InChI=1S/C21H19Cl3N2/c22-17-5-1-4-15(12-17)14-26-11-3-10-25-9-2-6-20(25)21(26)16-7-8-18(23)19(24)13-16/h1-2,4-9,12-13,21H,3,10-11,14H2/t21-/m1/s1. The molecule has 2 heterocycles. The molecule has 0 amide bonds. The number of aromatic nitrogens is 1. The number of fused-ring (bicyclic) bond motifs is 1. The van der Waals surface area contributed by atoms with Gasteiger partial charge in [-0.05, 0) is 53.9 Å². The van der Waals surface area contributed by atoms with Gasteiger partial charge in [-0.25, -0.2) is 0 Å². The molecule has 26 heavy (non-hydrogen) atoms. The lowest BCUT2D eigenvalue weighted by molar-refractivity contribution is 0.220. The van der Waals surface area contributed by atoms with Crippen LogP contribution in [0.2, 0.25) is 15.1 Å². The van der Waals surface area contributed by atoms with Crippen molar-refractivity contribution >= 4 is 34.8 Å². The highest BCUT2D eigenvalue weighted by Gasteiger charge is 2.27. The van der Waals surface area contributed by atoms with Gasteiger partial charge in [0, 0.05) is 36.5 Å². The van der Waals surface area contributed by atoms with Gasteiger partial charge in [0.05, 0.1) is 16.1 Å². The maximum absolute atomic E-state index is 6.33. The van der Waals surface area contributed by atoms with E-state index in [4.69, 9.17) is 34.8 Å². The predicted molar refractivity (Wildman–Crippen MR) is 109 cm³/mol. The molecular weight excluding hydrogens is 387 g/mol. The lowest BCUT2D eigenvalue weighted by Gasteiger charge is -2.31. The molecule has 0 bridgehead atoms. The van der Waals surface area contributed by atoms with E-state index in [0.29, 0.717) is 10.0 Å². The first-order valence-corrected chi connectivity index (χ1v) is 9.84. The van der Waals surface area contributed by atoms with E-state index in [1.807, 2.05) is 30.3 Å². The van der Waals surface area contributed by atoms with Crippen molar-refractivity contribution in [3.05, 3.63) is 92.7 Å². The Hall–Kier alpha value is -1.45. The van der Waals surface area contributed by atoms with Crippen LogP contribution < -0.4 is 0 Å². The van der Waals surface area contributed by atoms with Crippen LogP contribution in [0.1, 0.15) is 29.3 Å². The van der Waals surface area contributed by atoms with E-state index in [0.717, 1.165) is 36.6 Å². The molecule has 1 atom stereocenters. The van der Waals surface area contributed by atoms with E-state index in [1.54, 1.807) is 0 Å². The molecule has 5 heteroatoms. The molecule has 1 aromatic heterocycles. The maximum atomic E-state index is 6.33. The summed E-state index contributed by atoms with van der Waals surface area (Å²) in [5, 5.41) is 1.95. The summed E-state index contributed by atoms with van der Waals surface area (Å²) in [5.74, 6) is 0. The van der Waals surface area contributed by atoms with Crippen LogP contribution in [0.5, 0.6) is 0 Å². The van der Waals surface area contributed by atoms with E-state index in [-0.39, 0.29) is 6.04 Å². The van der Waals surface area contributed by atoms with Gasteiger partial charge in [-0.1, -0.05) is 53.0 Å². The number of halogens is 3. The fourth-order valence-corrected chi connectivity index (χ4v) is 4.26. The average molecular weight is 406 g/mol. The monoisotopic (exact) mass is 404 g/mol. The van der Waals surface area contributed by atoms with Crippen molar-refractivity contribution in [3.63, 3.8) is 0 Å². The van der Waals surface area contributed by atoms with Crippen LogP contribution in [-0.2, 0) is 13.1 Å². The highest BCUT2D eigenvalue weighted by atomic mass is 35.5. The molecule has 0 fully saturated rings. The van der Waals surface area contributed by atoms with Crippen molar-refractivity contribution in [2.75, 3.05) is 6.54 Å². The number of aryl methyl sites for hydroxylation is 1. The Balaban J connectivity index is 1.76. The van der Waals surface area contributed by atoms with Gasteiger partial charge < -0.3 is 4.57 Å². The van der Waals surface area contributed by atoms with Crippen LogP contribution in [0.3, 0.4) is 0 Å². The predicted octanol–water partition coefficient (Wildman–Crippen LogP) is 6.44. The Morgan fingerprint density at radius 1 is 0.885 bits per heavy atom. The minimum atomic E-state index is 0.126. The summed E-state index contributed by atoms with van der Waals surface area (Å²) in [6.45, 7) is 2.85. The molecule has 1 aliphatic heterocycles. The van der Waals surface area contributed by atoms with Gasteiger partial charge in [-0.3, -0.25) is 4.90 Å². The second kappa shape index (κ2) is 7.66. The summed E-state index contributed by atoms with van der Waals surface area (Å²) >= 11 is 18.7. The molecule has 4 rings (SSSR count). The van der Waals surface area contributed by atoms with Crippen molar-refractivity contribution in [1.82, 2.24) is 9.47 Å². The van der Waals surface area contributed by atoms with E-state index >= 15 is 0 Å². The smallest absolute Gasteiger partial charge is 0.0759 e. The van der Waals surface area contributed by atoms with Crippen molar-refractivity contribution in [2.24, 2.45) is 0 Å². The van der Waals surface area contributed by atoms with Gasteiger partial charge >= 0.3 is 0 Å². The van der Waals surface area contributed by atoms with Crippen LogP contribution in [0.4, 0.5) is 0 Å². The first-order valence-electron chi connectivity index (χ1n) is 8.70. The number of benzene rings is 2. The summed E-state index contributed by atoms with van der Waals surface area (Å²) in [6, 6.07) is 18.5. The van der Waals surface area contributed by atoms with Gasteiger partial charge in [0.15, 0.2) is 0 Å². The molecule has 0 aliphatic carbocycles. The first kappa shape index (κ1) is 17.9. The zero-order valence-electron chi connectivity index (χ0n) is 14.2. The Kier molecular flexibility index (Phi) is 5.28. The number of hydrogen-bond donors (Lipinski definition) is 0. The van der Waals surface area contributed by atoms with Crippen molar-refractivity contribution in [3.8, 4) is 0 Å². The summed E-state index contributed by atoms with van der Waals surface area (Å²) in [7, 11) is 0. The zero-order chi connectivity index (χ0) is 18.1. The lowest BCUT2D eigenvalue weighted by Crippen LogP contribution is -2.29. The Morgan fingerprint density at radius 3 is 2.58 bits per heavy atom. The van der Waals surface area contributed by atoms with Crippen LogP contribution >= 0.6 is 34.8 Å². The molecule has 2 nitrogen and oxygen atoms in total. The highest BCUT2D eigenvalue weighted by Crippen LogP contribution is 2.35. The average Bonchev–Trinajstić information content (AvgIpc) is 3.00. The van der Waals surface area contributed by atoms with Gasteiger partial charge in [0.1, 0.15) is 0 Å². The lowest BCUT2D eigenvalue weighted by atomic mass is 10.0. The normalized spacial score (nSPS) is 17.7. The van der Waals surface area contributed by atoms with Crippen molar-refractivity contribution in [2.45, 2.75) is 25.6 Å². The number of hydrogen-bond acceptors (Lipinski definition) is 1. The zero-order valence-corrected chi connectivity index (χ0v) is 16.5. The summed E-state index contributed by atoms with van der Waals surface area (Å²) in [5.41, 5.74) is 3.65. The molecule has 0 saturated carbocycles. The molecule has 3 aromatic rings. The molecule has 0 N–H and O–H groups in total. The van der Waals surface area contributed by atoms with Crippen LogP contribution in [-0.4, -0.2) is 16.0 Å². The van der Waals surface area contributed by atoms with E-state index in [1.165, 1.54) is 11.3 Å². The Labute approximate surface area is 168 Å². The summed E-state index contributed by atoms with van der Waals surface area (Å²) in [6.07, 6.45) is 3.25. The fourth-order valence-electron chi connectivity index (χ4n) is 3.74. The van der Waals surface area contributed by atoms with Gasteiger partial charge in [-0.2, -0.15) is 0 Å². The first-order chi connectivity index (χ1) is 12.6. The van der Waals surface area contributed by atoms with E-state index < -0.39 is 0 Å². The highest BCUT2D eigenvalue weighted by molar-refractivity contribution is 6.42. The van der Waals surface area contributed by atoms with Gasteiger partial charge in [0.25, 0.3) is 0 Å². The summed E-state index contributed by atoms with van der Waals surface area (Å²) < 4.78 is 2.34. The molecule has 0 spiro atoms. The van der Waals surface area contributed by atoms with Gasteiger partial charge in [-0.15, -0.1) is 0 Å². The molecule has 0 saturated heterocycles. The van der Waals surface area contributed by atoms with Crippen molar-refractivity contribution in [1.29, 1.82) is 0 Å². The number of rotatable bonds is 3. The molecular formula is C21H19Cl3N2. The molecule has 134 valence electrons. The third-order valence-electron chi connectivity index (χ3n) is 4.89. The van der Waals surface area contributed by atoms with E-state index in [2.05, 4.69) is 39.9 Å². The second-order valence-corrected chi connectivity index (χ2v) is 7.91. The fraction of sp³-hybridized carbons (Fsp3) is 0.238. The van der Waals surface area contributed by atoms with Crippen LogP contribution in [0, 0.1) is 0 Å². The Bertz CT molecular complexity index is 919. The minimum Gasteiger partial charge on any atom is -0.350 e. The molecule has 2 aromatic carbocycles. The van der Waals surface area contributed by atoms with Crippen LogP contribution in [0.15, 0.2) is 60.8 Å². The van der Waals surface area contributed by atoms with E-state index in [9.17, 15) is 0 Å². The molecule has 0 unspecified atom stereocenters. The largest absolute Gasteiger partial charge is 0.350 e. The van der Waals surface area contributed by atoms with Crippen LogP contribution in [0.25, 0.3) is 0 Å². The third-order valence-corrected chi connectivity index (χ3v) is 5.86. The molecule has 1 aliphatic rings. The SMILES string of the molecule is Clc1cccc(CN2CCCn3cccc3[C@H]2c2ccc(Cl)c(Cl)c2)c1. The van der Waals surface area contributed by atoms with Gasteiger partial charge in [0.2, 0.25) is 0 Å².